The Balaban J connectivity index is 1.55. The van der Waals surface area contributed by atoms with E-state index >= 15 is 0 Å². The van der Waals surface area contributed by atoms with E-state index in [-0.39, 0.29) is 18.4 Å². The third-order valence-corrected chi connectivity index (χ3v) is 5.12. The molecule has 0 saturated heterocycles. The first-order chi connectivity index (χ1) is 13.8. The molecule has 0 radical (unpaired) electrons. The minimum absolute atomic E-state index is 0.0221. The fraction of sp³-hybridized carbons (Fsp3) is 0.500. The number of fused-ring (bicyclic) bond motifs is 1. The fourth-order valence-electron chi connectivity index (χ4n) is 3.46. The van der Waals surface area contributed by atoms with Crippen molar-refractivity contribution in [3.05, 3.63) is 41.1 Å². The zero-order chi connectivity index (χ0) is 20.6. The lowest BCUT2D eigenvalue weighted by Crippen LogP contribution is -2.32. The van der Waals surface area contributed by atoms with Crippen molar-refractivity contribution in [3.8, 4) is 5.75 Å². The molecule has 1 atom stereocenters. The van der Waals surface area contributed by atoms with E-state index in [1.807, 2.05) is 13.0 Å². The third-order valence-electron chi connectivity index (χ3n) is 5.12. The predicted octanol–water partition coefficient (Wildman–Crippen LogP) is 3.61. The summed E-state index contributed by atoms with van der Waals surface area (Å²) in [5.74, 6) is 1.54. The molecular formula is C20H23F3N4O2. The molecule has 2 aromatic rings. The van der Waals surface area contributed by atoms with Crippen molar-refractivity contribution >= 4 is 11.8 Å². The highest BCUT2D eigenvalue weighted by Gasteiger charge is 2.32. The van der Waals surface area contributed by atoms with Gasteiger partial charge in [0.15, 0.2) is 0 Å². The van der Waals surface area contributed by atoms with Crippen LogP contribution in [0.1, 0.15) is 42.5 Å². The number of nitrogens with zero attached hydrogens (tertiary/aromatic N) is 3. The number of ether oxygens (including phenoxy) is 1. The van der Waals surface area contributed by atoms with Gasteiger partial charge in [-0.3, -0.25) is 0 Å². The number of aliphatic hydroxyl groups is 1. The van der Waals surface area contributed by atoms with Crippen LogP contribution in [0.5, 0.6) is 5.75 Å². The Morgan fingerprint density at radius 1 is 1.24 bits per heavy atom. The maximum absolute atomic E-state index is 12.5. The van der Waals surface area contributed by atoms with E-state index in [9.17, 15) is 18.3 Å². The van der Waals surface area contributed by atoms with Gasteiger partial charge in [0.2, 0.25) is 5.95 Å². The molecule has 29 heavy (non-hydrogen) atoms. The monoisotopic (exact) mass is 408 g/mol. The van der Waals surface area contributed by atoms with Gasteiger partial charge in [-0.15, -0.1) is 13.2 Å². The van der Waals surface area contributed by atoms with Crippen LogP contribution in [0.3, 0.4) is 0 Å². The molecule has 1 saturated carbocycles. The van der Waals surface area contributed by atoms with Gasteiger partial charge >= 0.3 is 6.36 Å². The van der Waals surface area contributed by atoms with E-state index in [2.05, 4.69) is 24.9 Å². The first-order valence-electron chi connectivity index (χ1n) is 9.69. The van der Waals surface area contributed by atoms with Gasteiger partial charge in [0, 0.05) is 31.1 Å². The van der Waals surface area contributed by atoms with Crippen LogP contribution in [-0.4, -0.2) is 40.6 Å². The molecule has 1 aliphatic heterocycles. The van der Waals surface area contributed by atoms with Gasteiger partial charge in [0.05, 0.1) is 12.3 Å². The summed E-state index contributed by atoms with van der Waals surface area (Å²) in [4.78, 5) is 11.3. The average molecular weight is 408 g/mol. The molecule has 2 N–H and O–H groups in total. The second-order valence-electron chi connectivity index (χ2n) is 7.63. The van der Waals surface area contributed by atoms with Crippen molar-refractivity contribution in [1.29, 1.82) is 0 Å². The molecule has 1 aromatic heterocycles. The van der Waals surface area contributed by atoms with Crippen LogP contribution >= 0.6 is 0 Å². The summed E-state index contributed by atoms with van der Waals surface area (Å²) in [5.41, 5.74) is 2.80. The van der Waals surface area contributed by atoms with Crippen LogP contribution in [0, 0.1) is 0 Å². The number of benzene rings is 1. The van der Waals surface area contributed by atoms with E-state index < -0.39 is 6.36 Å². The minimum atomic E-state index is -4.69. The van der Waals surface area contributed by atoms with Crippen LogP contribution < -0.4 is 15.0 Å². The molecule has 1 aromatic carbocycles. The zero-order valence-electron chi connectivity index (χ0n) is 16.0. The second kappa shape index (κ2) is 7.70. The number of alkyl halides is 3. The van der Waals surface area contributed by atoms with Crippen molar-refractivity contribution < 1.29 is 23.0 Å². The van der Waals surface area contributed by atoms with Crippen molar-refractivity contribution in [2.45, 2.75) is 51.1 Å². The predicted molar refractivity (Wildman–Crippen MR) is 102 cm³/mol. The lowest BCUT2D eigenvalue weighted by molar-refractivity contribution is -0.274. The average Bonchev–Trinajstić information content (AvgIpc) is 3.51. The number of hydrogen-bond acceptors (Lipinski definition) is 6. The van der Waals surface area contributed by atoms with Gasteiger partial charge in [0.25, 0.3) is 0 Å². The summed E-state index contributed by atoms with van der Waals surface area (Å²) in [6, 6.07) is 6.33. The maximum atomic E-state index is 12.5. The largest absolute Gasteiger partial charge is 0.573 e. The van der Waals surface area contributed by atoms with E-state index in [4.69, 9.17) is 0 Å². The highest BCUT2D eigenvalue weighted by molar-refractivity contribution is 5.50. The number of halogens is 3. The molecule has 0 amide bonds. The van der Waals surface area contributed by atoms with Crippen LogP contribution in [0.15, 0.2) is 24.3 Å². The summed E-state index contributed by atoms with van der Waals surface area (Å²) < 4.78 is 41.4. The lowest BCUT2D eigenvalue weighted by Gasteiger charge is -2.30. The molecule has 2 aliphatic rings. The maximum Gasteiger partial charge on any atom is 0.573 e. The molecule has 156 valence electrons. The van der Waals surface area contributed by atoms with Gasteiger partial charge in [0.1, 0.15) is 11.6 Å². The molecular weight excluding hydrogens is 385 g/mol. The second-order valence-corrected chi connectivity index (χ2v) is 7.63. The minimum Gasteiger partial charge on any atom is -0.406 e. The summed E-state index contributed by atoms with van der Waals surface area (Å²) in [7, 11) is 0. The van der Waals surface area contributed by atoms with Crippen molar-refractivity contribution in [2.75, 3.05) is 23.4 Å². The Hall–Kier alpha value is -2.55. The molecule has 0 bridgehead atoms. The van der Waals surface area contributed by atoms with Gasteiger partial charge < -0.3 is 20.1 Å². The van der Waals surface area contributed by atoms with Crippen molar-refractivity contribution in [2.24, 2.45) is 0 Å². The first kappa shape index (κ1) is 19.8. The molecule has 1 aliphatic carbocycles. The van der Waals surface area contributed by atoms with E-state index in [0.29, 0.717) is 31.4 Å². The summed E-state index contributed by atoms with van der Waals surface area (Å²) >= 11 is 0. The number of hydrogen-bond donors (Lipinski definition) is 2. The Morgan fingerprint density at radius 3 is 2.72 bits per heavy atom. The van der Waals surface area contributed by atoms with Gasteiger partial charge in [-0.25, -0.2) is 4.98 Å². The Labute approximate surface area is 166 Å². The standard InChI is InChI=1S/C20H23F3N4O2/c1-12(11-28)24-19-25-17(13-2-3-13)9-18(26-19)27-7-6-14-8-16(29-20(21,22)23)5-4-15(14)10-27/h4-5,8-9,12-13,28H,2-3,6-7,10-11H2,1H3,(H,24,25,26)/t12-/m1/s1. The van der Waals surface area contributed by atoms with Crippen LogP contribution in [0.4, 0.5) is 24.9 Å². The Morgan fingerprint density at radius 2 is 2.03 bits per heavy atom. The van der Waals surface area contributed by atoms with E-state index in [1.165, 1.54) is 12.1 Å². The first-order valence-corrected chi connectivity index (χ1v) is 9.69. The highest BCUT2D eigenvalue weighted by Crippen LogP contribution is 2.40. The Bertz CT molecular complexity index is 887. The van der Waals surface area contributed by atoms with E-state index in [1.54, 1.807) is 6.07 Å². The van der Waals surface area contributed by atoms with Crippen LogP contribution in [0.2, 0.25) is 0 Å². The summed E-state index contributed by atoms with van der Waals surface area (Å²) in [6.45, 7) is 3.02. The summed E-state index contributed by atoms with van der Waals surface area (Å²) in [5, 5.41) is 12.4. The molecule has 0 spiro atoms. The number of aliphatic hydroxyl groups excluding tert-OH is 1. The smallest absolute Gasteiger partial charge is 0.406 e. The number of anilines is 2. The molecule has 4 rings (SSSR count). The van der Waals surface area contributed by atoms with Crippen molar-refractivity contribution in [3.63, 3.8) is 0 Å². The molecule has 0 unspecified atom stereocenters. The van der Waals surface area contributed by atoms with Gasteiger partial charge in [-0.05, 0) is 49.4 Å². The topological polar surface area (TPSA) is 70.5 Å². The molecule has 2 heterocycles. The number of nitrogens with one attached hydrogen (secondary N) is 1. The van der Waals surface area contributed by atoms with E-state index in [0.717, 1.165) is 35.5 Å². The van der Waals surface area contributed by atoms with Crippen LogP contribution in [-0.2, 0) is 13.0 Å². The Kier molecular flexibility index (Phi) is 5.24. The number of aromatic nitrogens is 2. The summed E-state index contributed by atoms with van der Waals surface area (Å²) in [6.07, 6.45) is -1.88. The van der Waals surface area contributed by atoms with Gasteiger partial charge in [-0.2, -0.15) is 4.98 Å². The van der Waals surface area contributed by atoms with Crippen molar-refractivity contribution in [1.82, 2.24) is 9.97 Å². The SMILES string of the molecule is C[C@H](CO)Nc1nc(C2CC2)cc(N2CCc3cc(OC(F)(F)F)ccc3C2)n1. The quantitative estimate of drug-likeness (QED) is 0.761. The molecule has 6 nitrogen and oxygen atoms in total. The normalized spacial score (nSPS) is 17.6. The third kappa shape index (κ3) is 4.90. The van der Waals surface area contributed by atoms with Crippen LogP contribution in [0.25, 0.3) is 0 Å². The fourth-order valence-corrected chi connectivity index (χ4v) is 3.46. The lowest BCUT2D eigenvalue weighted by atomic mass is 9.99. The highest BCUT2D eigenvalue weighted by atomic mass is 19.4. The van der Waals surface area contributed by atoms with Gasteiger partial charge in [-0.1, -0.05) is 6.07 Å². The molecule has 1 fully saturated rings. The zero-order valence-corrected chi connectivity index (χ0v) is 16.0. The number of rotatable bonds is 6. The molecule has 9 heteroatoms.